The predicted molar refractivity (Wildman–Crippen MR) is 94.4 cm³/mol. The summed E-state index contributed by atoms with van der Waals surface area (Å²) in [4.78, 5) is 13.9. The number of carbonyl (C=O) groups excluding carboxylic acids is 1. The zero-order valence-electron chi connectivity index (χ0n) is 14.5. The lowest BCUT2D eigenvalue weighted by atomic mass is 10.1. The number of rotatable bonds is 5. The molecule has 0 atom stereocenters. The van der Waals surface area contributed by atoms with Gasteiger partial charge in [0.1, 0.15) is 0 Å². The number of aryl methyl sites for hydroxylation is 2. The Hall–Kier alpha value is -2.62. The van der Waals surface area contributed by atoms with Crippen LogP contribution in [0.25, 0.3) is 6.08 Å². The zero-order valence-corrected chi connectivity index (χ0v) is 14.5. The van der Waals surface area contributed by atoms with Crippen LogP contribution in [0.3, 0.4) is 0 Å². The average Bonchev–Trinajstić information content (AvgIpc) is 2.55. The normalized spacial score (nSPS) is 10.9. The summed E-state index contributed by atoms with van der Waals surface area (Å²) in [6.45, 7) is 4.62. The predicted octanol–water partition coefficient (Wildman–Crippen LogP) is 4.12. The van der Waals surface area contributed by atoms with Crippen molar-refractivity contribution in [2.75, 3.05) is 14.2 Å². The van der Waals surface area contributed by atoms with Crippen molar-refractivity contribution in [3.05, 3.63) is 70.5 Å². The van der Waals surface area contributed by atoms with E-state index >= 15 is 0 Å². The van der Waals surface area contributed by atoms with E-state index in [0.717, 1.165) is 11.1 Å². The molecule has 0 aromatic heterocycles. The van der Waals surface area contributed by atoms with E-state index in [1.54, 1.807) is 30.2 Å². The van der Waals surface area contributed by atoms with E-state index < -0.39 is 5.82 Å². The molecule has 0 unspecified atom stereocenters. The zero-order chi connectivity index (χ0) is 17.7. The second-order valence-corrected chi connectivity index (χ2v) is 5.85. The van der Waals surface area contributed by atoms with Crippen molar-refractivity contribution in [1.29, 1.82) is 0 Å². The van der Waals surface area contributed by atoms with Crippen LogP contribution in [-0.4, -0.2) is 25.0 Å². The number of hydrogen-bond acceptors (Lipinski definition) is 2. The van der Waals surface area contributed by atoms with Crippen LogP contribution < -0.4 is 4.74 Å². The number of hydrogen-bond donors (Lipinski definition) is 0. The van der Waals surface area contributed by atoms with Gasteiger partial charge >= 0.3 is 0 Å². The molecule has 2 aromatic carbocycles. The molecule has 3 nitrogen and oxygen atoms in total. The third-order valence-corrected chi connectivity index (χ3v) is 3.88. The van der Waals surface area contributed by atoms with Gasteiger partial charge in [-0.3, -0.25) is 4.79 Å². The van der Waals surface area contributed by atoms with E-state index in [1.165, 1.54) is 24.8 Å². The maximum absolute atomic E-state index is 13.6. The molecule has 2 rings (SSSR count). The van der Waals surface area contributed by atoms with Crippen LogP contribution in [0.2, 0.25) is 0 Å². The third kappa shape index (κ3) is 4.44. The van der Waals surface area contributed by atoms with Crippen molar-refractivity contribution in [3.63, 3.8) is 0 Å². The average molecular weight is 327 g/mol. The van der Waals surface area contributed by atoms with E-state index in [2.05, 4.69) is 6.07 Å². The van der Waals surface area contributed by atoms with Crippen LogP contribution >= 0.6 is 0 Å². The van der Waals surface area contributed by atoms with Gasteiger partial charge in [-0.25, -0.2) is 4.39 Å². The Labute approximate surface area is 142 Å². The van der Waals surface area contributed by atoms with Crippen LogP contribution in [0.4, 0.5) is 4.39 Å². The SMILES string of the molecule is COc1ccc(/C=C/C(=O)N(C)Cc2ccc(C)cc2C)cc1F. The van der Waals surface area contributed by atoms with Gasteiger partial charge in [-0.1, -0.05) is 29.8 Å². The van der Waals surface area contributed by atoms with E-state index in [1.807, 2.05) is 26.0 Å². The lowest BCUT2D eigenvalue weighted by Gasteiger charge is -2.17. The standard InChI is InChI=1S/C20H22FNO2/c1-14-5-8-17(15(2)11-14)13-22(3)20(23)10-7-16-6-9-19(24-4)18(21)12-16/h5-12H,13H2,1-4H3/b10-7+. The highest BCUT2D eigenvalue weighted by molar-refractivity contribution is 5.91. The second kappa shape index (κ2) is 7.77. The van der Waals surface area contributed by atoms with Crippen LogP contribution in [-0.2, 0) is 11.3 Å². The molecule has 1 amide bonds. The first-order valence-corrected chi connectivity index (χ1v) is 7.73. The fraction of sp³-hybridized carbons (Fsp3) is 0.250. The van der Waals surface area contributed by atoms with Crippen molar-refractivity contribution in [3.8, 4) is 5.75 Å². The molecular formula is C20H22FNO2. The van der Waals surface area contributed by atoms with Gasteiger partial charge in [0.2, 0.25) is 5.91 Å². The van der Waals surface area contributed by atoms with Gasteiger partial charge in [0.15, 0.2) is 11.6 Å². The van der Waals surface area contributed by atoms with Gasteiger partial charge in [0.25, 0.3) is 0 Å². The summed E-state index contributed by atoms with van der Waals surface area (Å²) in [5.74, 6) is -0.396. The maximum Gasteiger partial charge on any atom is 0.246 e. The number of benzene rings is 2. The molecule has 0 aliphatic carbocycles. The van der Waals surface area contributed by atoms with Gasteiger partial charge in [-0.15, -0.1) is 0 Å². The highest BCUT2D eigenvalue weighted by Gasteiger charge is 2.08. The molecule has 4 heteroatoms. The highest BCUT2D eigenvalue weighted by Crippen LogP contribution is 2.18. The van der Waals surface area contributed by atoms with E-state index in [0.29, 0.717) is 12.1 Å². The first-order valence-electron chi connectivity index (χ1n) is 7.73. The summed E-state index contributed by atoms with van der Waals surface area (Å²) in [6, 6.07) is 10.8. The van der Waals surface area contributed by atoms with Crippen molar-refractivity contribution >= 4 is 12.0 Å². The van der Waals surface area contributed by atoms with E-state index in [4.69, 9.17) is 4.74 Å². The van der Waals surface area contributed by atoms with Gasteiger partial charge < -0.3 is 9.64 Å². The maximum atomic E-state index is 13.6. The Balaban J connectivity index is 2.04. The molecule has 0 saturated heterocycles. The number of ether oxygens (including phenoxy) is 1. The summed E-state index contributed by atoms with van der Waals surface area (Å²) in [6.07, 6.45) is 3.05. The molecule has 2 aromatic rings. The third-order valence-electron chi connectivity index (χ3n) is 3.88. The van der Waals surface area contributed by atoms with Crippen molar-refractivity contribution < 1.29 is 13.9 Å². The molecular weight excluding hydrogens is 305 g/mol. The minimum atomic E-state index is -0.448. The van der Waals surface area contributed by atoms with Crippen LogP contribution in [0.5, 0.6) is 5.75 Å². The summed E-state index contributed by atoms with van der Waals surface area (Å²) >= 11 is 0. The Morgan fingerprint density at radius 1 is 1.21 bits per heavy atom. The first kappa shape index (κ1) is 17.7. The number of methoxy groups -OCH3 is 1. The molecule has 0 saturated carbocycles. The highest BCUT2D eigenvalue weighted by atomic mass is 19.1. The Morgan fingerprint density at radius 2 is 1.96 bits per heavy atom. The smallest absolute Gasteiger partial charge is 0.246 e. The first-order chi connectivity index (χ1) is 11.4. The van der Waals surface area contributed by atoms with Gasteiger partial charge in [0, 0.05) is 19.7 Å². The Morgan fingerprint density at radius 3 is 2.58 bits per heavy atom. The topological polar surface area (TPSA) is 29.5 Å². The lowest BCUT2D eigenvalue weighted by molar-refractivity contribution is -0.125. The van der Waals surface area contributed by atoms with Crippen molar-refractivity contribution in [2.45, 2.75) is 20.4 Å². The minimum absolute atomic E-state index is 0.133. The quantitative estimate of drug-likeness (QED) is 0.773. The molecule has 126 valence electrons. The van der Waals surface area contributed by atoms with Crippen molar-refractivity contribution in [2.24, 2.45) is 0 Å². The Kier molecular flexibility index (Phi) is 5.74. The van der Waals surface area contributed by atoms with Gasteiger partial charge in [-0.05, 0) is 48.7 Å². The molecule has 0 fully saturated rings. The summed E-state index contributed by atoms with van der Waals surface area (Å²) in [5, 5.41) is 0. The van der Waals surface area contributed by atoms with E-state index in [-0.39, 0.29) is 11.7 Å². The second-order valence-electron chi connectivity index (χ2n) is 5.85. The fourth-order valence-electron chi connectivity index (χ4n) is 2.44. The minimum Gasteiger partial charge on any atom is -0.494 e. The fourth-order valence-corrected chi connectivity index (χ4v) is 2.44. The van der Waals surface area contributed by atoms with Crippen molar-refractivity contribution in [1.82, 2.24) is 4.90 Å². The molecule has 0 spiro atoms. The number of likely N-dealkylation sites (N-methyl/N-ethyl adjacent to an activating group) is 1. The molecule has 0 bridgehead atoms. The van der Waals surface area contributed by atoms with Crippen LogP contribution in [0.15, 0.2) is 42.5 Å². The largest absolute Gasteiger partial charge is 0.494 e. The Bertz CT molecular complexity index is 768. The molecule has 0 aliphatic rings. The molecule has 24 heavy (non-hydrogen) atoms. The molecule has 0 heterocycles. The summed E-state index contributed by atoms with van der Waals surface area (Å²) < 4.78 is 18.5. The van der Waals surface area contributed by atoms with Crippen LogP contribution in [0.1, 0.15) is 22.3 Å². The van der Waals surface area contributed by atoms with E-state index in [9.17, 15) is 9.18 Å². The molecule has 0 aliphatic heterocycles. The molecule has 0 N–H and O–H groups in total. The molecule has 0 radical (unpaired) electrons. The number of nitrogens with zero attached hydrogens (tertiary/aromatic N) is 1. The monoisotopic (exact) mass is 327 g/mol. The van der Waals surface area contributed by atoms with Gasteiger partial charge in [-0.2, -0.15) is 0 Å². The number of amides is 1. The summed E-state index contributed by atoms with van der Waals surface area (Å²) in [7, 11) is 3.17. The number of halogens is 1. The number of carbonyl (C=O) groups is 1. The van der Waals surface area contributed by atoms with Crippen LogP contribution in [0, 0.1) is 19.7 Å². The van der Waals surface area contributed by atoms with Gasteiger partial charge in [0.05, 0.1) is 7.11 Å². The lowest BCUT2D eigenvalue weighted by Crippen LogP contribution is -2.24. The summed E-state index contributed by atoms with van der Waals surface area (Å²) in [5.41, 5.74) is 4.09.